The van der Waals surface area contributed by atoms with E-state index >= 15 is 0 Å². The number of carbonyl (C=O) groups is 2. The molecule has 1 aliphatic heterocycles. The number of ether oxygens (including phenoxy) is 2. The molecular formula is C40H55N5O4. The molecule has 1 aromatic heterocycles. The van der Waals surface area contributed by atoms with Gasteiger partial charge in [0.15, 0.2) is 0 Å². The van der Waals surface area contributed by atoms with Gasteiger partial charge in [-0.2, -0.15) is 5.10 Å². The summed E-state index contributed by atoms with van der Waals surface area (Å²) in [6, 6.07) is 15.3. The van der Waals surface area contributed by atoms with Crippen molar-refractivity contribution in [2.75, 3.05) is 51.8 Å². The number of carbonyl (C=O) groups excluding carboxylic acids is 2. The summed E-state index contributed by atoms with van der Waals surface area (Å²) < 4.78 is 13.4. The molecule has 2 aliphatic carbocycles. The highest BCUT2D eigenvalue weighted by molar-refractivity contribution is 5.95. The smallest absolute Gasteiger partial charge is 0.410 e. The number of benzene rings is 2. The molecule has 1 saturated heterocycles. The van der Waals surface area contributed by atoms with Crippen molar-refractivity contribution in [3.05, 3.63) is 66.0 Å². The second-order valence-electron chi connectivity index (χ2n) is 14.9. The largest absolute Gasteiger partial charge is 0.496 e. The lowest BCUT2D eigenvalue weighted by atomic mass is 9.78. The Labute approximate surface area is 292 Å². The van der Waals surface area contributed by atoms with Gasteiger partial charge >= 0.3 is 6.09 Å². The Morgan fingerprint density at radius 2 is 1.65 bits per heavy atom. The molecule has 49 heavy (non-hydrogen) atoms. The molecule has 0 atom stereocenters. The van der Waals surface area contributed by atoms with E-state index in [0.717, 1.165) is 93.6 Å². The van der Waals surface area contributed by atoms with Gasteiger partial charge in [-0.25, -0.2) is 4.79 Å². The monoisotopic (exact) mass is 669 g/mol. The first-order chi connectivity index (χ1) is 23.7. The Balaban J connectivity index is 1.14. The number of methoxy groups -OCH3 is 1. The average molecular weight is 670 g/mol. The zero-order chi connectivity index (χ0) is 34.5. The quantitative estimate of drug-likeness (QED) is 0.232. The summed E-state index contributed by atoms with van der Waals surface area (Å²) in [5.41, 5.74) is 5.66. The second kappa shape index (κ2) is 15.8. The minimum absolute atomic E-state index is 0.0791. The van der Waals surface area contributed by atoms with E-state index in [0.29, 0.717) is 24.9 Å². The number of hydrogen-bond acceptors (Lipinski definition) is 6. The molecule has 3 fully saturated rings. The van der Waals surface area contributed by atoms with E-state index < -0.39 is 0 Å². The lowest BCUT2D eigenvalue weighted by Crippen LogP contribution is -2.48. The number of anilines is 1. The lowest BCUT2D eigenvalue weighted by molar-refractivity contribution is -0.124. The zero-order valence-corrected chi connectivity index (χ0v) is 30.1. The van der Waals surface area contributed by atoms with Crippen LogP contribution in [0.5, 0.6) is 5.75 Å². The van der Waals surface area contributed by atoms with Crippen molar-refractivity contribution < 1.29 is 19.1 Å². The number of nitrogens with zero attached hydrogens (tertiary/aromatic N) is 5. The predicted molar refractivity (Wildman–Crippen MR) is 194 cm³/mol. The van der Waals surface area contributed by atoms with Crippen LogP contribution in [0.1, 0.15) is 88.3 Å². The number of likely N-dealkylation sites (N-methyl/N-ethyl adjacent to an activating group) is 1. The third-order valence-corrected chi connectivity index (χ3v) is 11.1. The van der Waals surface area contributed by atoms with Crippen molar-refractivity contribution >= 4 is 17.7 Å². The molecule has 0 spiro atoms. The standard InChI is InChI=1S/C40H55N5O4/c1-28(2)45-27-35(25-41-45)33-7-6-8-36(24-33)44(26-30-9-11-31(12-10-30)34-15-18-38(48-5)29(3)23-34)39(46)32-13-16-37(17-14-32)49-40(47)43-21-19-42(4)20-22-43/h6-8,15,18,23-25,27-28,30-32,37H,9-14,16-17,19-22,26H2,1-5H3. The molecule has 2 heterocycles. The van der Waals surface area contributed by atoms with Crippen LogP contribution in [0.25, 0.3) is 11.1 Å². The predicted octanol–water partition coefficient (Wildman–Crippen LogP) is 7.70. The molecule has 3 aliphatic rings. The summed E-state index contributed by atoms with van der Waals surface area (Å²) >= 11 is 0. The van der Waals surface area contributed by atoms with E-state index in [4.69, 9.17) is 9.47 Å². The van der Waals surface area contributed by atoms with Gasteiger partial charge in [0.05, 0.1) is 13.3 Å². The number of aryl methyl sites for hydroxylation is 1. The second-order valence-corrected chi connectivity index (χ2v) is 14.9. The first-order valence-electron chi connectivity index (χ1n) is 18.4. The van der Waals surface area contributed by atoms with Gasteiger partial charge in [0.1, 0.15) is 11.9 Å². The van der Waals surface area contributed by atoms with E-state index in [9.17, 15) is 9.59 Å². The van der Waals surface area contributed by atoms with Crippen molar-refractivity contribution in [2.24, 2.45) is 11.8 Å². The molecule has 9 nitrogen and oxygen atoms in total. The van der Waals surface area contributed by atoms with Gasteiger partial charge in [0.25, 0.3) is 0 Å². The van der Waals surface area contributed by atoms with Crippen LogP contribution in [0.4, 0.5) is 10.5 Å². The summed E-state index contributed by atoms with van der Waals surface area (Å²) in [4.78, 5) is 33.5. The molecule has 2 saturated carbocycles. The SMILES string of the molecule is COc1ccc(C2CCC(CN(C(=O)C3CCC(OC(=O)N4CCN(C)CC4)CC3)c3cccc(-c4cnn(C(C)C)c4)c3)CC2)cc1C. The maximum absolute atomic E-state index is 14.5. The van der Waals surface area contributed by atoms with Gasteiger partial charge < -0.3 is 24.2 Å². The summed E-state index contributed by atoms with van der Waals surface area (Å²) in [6.07, 6.45) is 11.0. The maximum atomic E-state index is 14.5. The Bertz CT molecular complexity index is 1560. The minimum atomic E-state index is -0.206. The van der Waals surface area contributed by atoms with Crippen molar-refractivity contribution in [1.82, 2.24) is 19.6 Å². The van der Waals surface area contributed by atoms with Gasteiger partial charge in [0.2, 0.25) is 5.91 Å². The van der Waals surface area contributed by atoms with Crippen molar-refractivity contribution in [3.8, 4) is 16.9 Å². The van der Waals surface area contributed by atoms with E-state index in [1.165, 1.54) is 11.1 Å². The molecule has 0 bridgehead atoms. The van der Waals surface area contributed by atoms with Crippen LogP contribution in [-0.4, -0.2) is 84.6 Å². The first kappa shape index (κ1) is 35.0. The Morgan fingerprint density at radius 3 is 2.31 bits per heavy atom. The summed E-state index contributed by atoms with van der Waals surface area (Å²) in [7, 11) is 3.81. The van der Waals surface area contributed by atoms with Crippen molar-refractivity contribution in [2.45, 2.75) is 90.2 Å². The molecule has 0 unspecified atom stereocenters. The normalized spacial score (nSPS) is 23.3. The molecule has 6 rings (SSSR count). The first-order valence-corrected chi connectivity index (χ1v) is 18.4. The van der Waals surface area contributed by atoms with E-state index in [-0.39, 0.29) is 30.1 Å². The fourth-order valence-corrected chi connectivity index (χ4v) is 7.89. The molecule has 9 heteroatoms. The number of amides is 2. The third-order valence-electron chi connectivity index (χ3n) is 11.1. The van der Waals surface area contributed by atoms with E-state index in [1.807, 2.05) is 15.8 Å². The fraction of sp³-hybridized carbons (Fsp3) is 0.575. The van der Waals surface area contributed by atoms with Gasteiger partial charge in [-0.3, -0.25) is 9.48 Å². The van der Waals surface area contributed by atoms with Crippen LogP contribution >= 0.6 is 0 Å². The van der Waals surface area contributed by atoms with E-state index in [2.05, 4.69) is 91.4 Å². The Kier molecular flexibility index (Phi) is 11.3. The van der Waals surface area contributed by atoms with Crippen molar-refractivity contribution in [1.29, 1.82) is 0 Å². The highest BCUT2D eigenvalue weighted by Crippen LogP contribution is 2.39. The summed E-state index contributed by atoms with van der Waals surface area (Å²) in [5.74, 6) is 2.03. The Morgan fingerprint density at radius 1 is 0.918 bits per heavy atom. The number of aromatic nitrogens is 2. The van der Waals surface area contributed by atoms with Crippen molar-refractivity contribution in [3.63, 3.8) is 0 Å². The zero-order valence-electron chi connectivity index (χ0n) is 30.1. The summed E-state index contributed by atoms with van der Waals surface area (Å²) in [5, 5.41) is 4.56. The minimum Gasteiger partial charge on any atom is -0.496 e. The third kappa shape index (κ3) is 8.48. The highest BCUT2D eigenvalue weighted by Gasteiger charge is 2.34. The van der Waals surface area contributed by atoms with Crippen LogP contribution < -0.4 is 9.64 Å². The molecule has 264 valence electrons. The fourth-order valence-electron chi connectivity index (χ4n) is 7.89. The molecule has 3 aromatic rings. The average Bonchev–Trinajstić information content (AvgIpc) is 3.63. The number of piperazine rings is 1. The van der Waals surface area contributed by atoms with Crippen LogP contribution in [0.3, 0.4) is 0 Å². The van der Waals surface area contributed by atoms with Gasteiger partial charge in [-0.15, -0.1) is 0 Å². The van der Waals surface area contributed by atoms with Crippen LogP contribution in [0.2, 0.25) is 0 Å². The van der Waals surface area contributed by atoms with Crippen LogP contribution in [0, 0.1) is 18.8 Å². The van der Waals surface area contributed by atoms with Gasteiger partial charge in [-0.1, -0.05) is 24.3 Å². The van der Waals surface area contributed by atoms with Crippen LogP contribution in [-0.2, 0) is 9.53 Å². The molecule has 2 aromatic carbocycles. The van der Waals surface area contributed by atoms with Crippen LogP contribution in [0.15, 0.2) is 54.9 Å². The molecular weight excluding hydrogens is 614 g/mol. The molecule has 0 radical (unpaired) electrons. The number of rotatable bonds is 9. The highest BCUT2D eigenvalue weighted by atomic mass is 16.6. The molecule has 0 N–H and O–H groups in total. The topological polar surface area (TPSA) is 80.1 Å². The van der Waals surface area contributed by atoms with Gasteiger partial charge in [0, 0.05) is 62.1 Å². The molecule has 2 amide bonds. The lowest BCUT2D eigenvalue weighted by Gasteiger charge is -2.37. The summed E-state index contributed by atoms with van der Waals surface area (Å²) in [6.45, 7) is 10.2. The number of hydrogen-bond donors (Lipinski definition) is 0. The Hall–Kier alpha value is -3.85. The van der Waals surface area contributed by atoms with E-state index in [1.54, 1.807) is 7.11 Å². The van der Waals surface area contributed by atoms with Gasteiger partial charge in [-0.05, 0) is 126 Å². The maximum Gasteiger partial charge on any atom is 0.410 e.